The van der Waals surface area contributed by atoms with Gasteiger partial charge >= 0.3 is 5.97 Å². The van der Waals surface area contributed by atoms with Crippen LogP contribution in [0.2, 0.25) is 0 Å². The number of carbonyl (C=O) groups excluding carboxylic acids is 1. The molecule has 0 unspecified atom stereocenters. The Balaban J connectivity index is 4.90. The summed E-state index contributed by atoms with van der Waals surface area (Å²) in [6.45, 7) is 13.4. The van der Waals surface area contributed by atoms with Crippen molar-refractivity contribution in [3.63, 3.8) is 0 Å². The second-order valence-electron chi connectivity index (χ2n) is 5.56. The average Bonchev–Trinajstić information content (AvgIpc) is 1.97. The van der Waals surface area contributed by atoms with Gasteiger partial charge < -0.3 is 20.3 Å². The van der Waals surface area contributed by atoms with Crippen LogP contribution in [-0.4, -0.2) is 28.0 Å². The Morgan fingerprint density at radius 3 is 1.82 bits per heavy atom. The fourth-order valence-corrected chi connectivity index (χ4v) is 1.19. The maximum Gasteiger partial charge on any atom is 0.373 e. The Kier molecular flexibility index (Phi) is 4.37. The highest BCUT2D eigenvalue weighted by molar-refractivity contribution is 5.85. The monoisotopic (exact) mass is 245 g/mol. The summed E-state index contributed by atoms with van der Waals surface area (Å²) in [5.41, 5.74) is 3.13. The number of hydrogen-bond acceptors (Lipinski definition) is 5. The van der Waals surface area contributed by atoms with E-state index in [2.05, 4.69) is 6.58 Å². The quantitative estimate of drug-likeness (QED) is 0.334. The van der Waals surface area contributed by atoms with Crippen LogP contribution < -0.4 is 5.73 Å². The Bertz CT molecular complexity index is 313. The molecular weight excluding hydrogens is 222 g/mol. The number of nitrogens with two attached hydrogens (primary N) is 1. The van der Waals surface area contributed by atoms with E-state index in [9.17, 15) is 4.79 Å². The minimum Gasteiger partial charge on any atom is -0.502 e. The van der Waals surface area contributed by atoms with Crippen LogP contribution in [0.4, 0.5) is 0 Å². The normalized spacial score (nSPS) is 13.4. The van der Waals surface area contributed by atoms with E-state index in [0.29, 0.717) is 0 Å². The largest absolute Gasteiger partial charge is 0.502 e. The van der Waals surface area contributed by atoms with E-state index in [1.807, 2.05) is 0 Å². The fourth-order valence-electron chi connectivity index (χ4n) is 1.19. The highest BCUT2D eigenvalue weighted by atomic mass is 16.6. The van der Waals surface area contributed by atoms with Crippen molar-refractivity contribution in [3.8, 4) is 0 Å². The van der Waals surface area contributed by atoms with Crippen molar-refractivity contribution < 1.29 is 19.4 Å². The van der Waals surface area contributed by atoms with Gasteiger partial charge in [0.1, 0.15) is 16.9 Å². The second kappa shape index (κ2) is 4.66. The maximum atomic E-state index is 11.3. The third-order valence-electron chi connectivity index (χ3n) is 2.55. The van der Waals surface area contributed by atoms with Crippen LogP contribution in [0.1, 0.15) is 41.5 Å². The average molecular weight is 245 g/mol. The summed E-state index contributed by atoms with van der Waals surface area (Å²) >= 11 is 0. The molecule has 0 rings (SSSR count). The SMILES string of the molecule is C=C(O)C(=O)OC(C)(C)C(C)(C)OC(C)(C)N. The third-order valence-corrected chi connectivity index (χ3v) is 2.55. The van der Waals surface area contributed by atoms with Crippen LogP contribution in [0, 0.1) is 0 Å². The van der Waals surface area contributed by atoms with Gasteiger partial charge in [-0.3, -0.25) is 0 Å². The molecule has 0 aromatic heterocycles. The van der Waals surface area contributed by atoms with Gasteiger partial charge in [-0.05, 0) is 48.1 Å². The molecule has 0 aliphatic carbocycles. The molecule has 0 fully saturated rings. The van der Waals surface area contributed by atoms with Gasteiger partial charge in [-0.2, -0.15) is 0 Å². The molecule has 0 aliphatic rings. The molecule has 0 radical (unpaired) electrons. The van der Waals surface area contributed by atoms with E-state index >= 15 is 0 Å². The van der Waals surface area contributed by atoms with E-state index in [1.165, 1.54) is 0 Å². The summed E-state index contributed by atoms with van der Waals surface area (Å²) in [4.78, 5) is 11.3. The van der Waals surface area contributed by atoms with Gasteiger partial charge in [0, 0.05) is 0 Å². The van der Waals surface area contributed by atoms with E-state index in [4.69, 9.17) is 20.3 Å². The van der Waals surface area contributed by atoms with Crippen molar-refractivity contribution in [2.45, 2.75) is 58.5 Å². The number of carbonyl (C=O) groups is 1. The van der Waals surface area contributed by atoms with Gasteiger partial charge in [0.2, 0.25) is 0 Å². The second-order valence-corrected chi connectivity index (χ2v) is 5.56. The predicted octanol–water partition coefficient (Wildman–Crippen LogP) is 1.87. The zero-order chi connectivity index (χ0) is 14.1. The number of aliphatic hydroxyl groups excluding tert-OH is 1. The van der Waals surface area contributed by atoms with E-state index in [0.717, 1.165) is 0 Å². The first kappa shape index (κ1) is 15.9. The van der Waals surface area contributed by atoms with Crippen molar-refractivity contribution in [3.05, 3.63) is 12.3 Å². The summed E-state index contributed by atoms with van der Waals surface area (Å²) in [5, 5.41) is 8.95. The van der Waals surface area contributed by atoms with Crippen LogP contribution in [0.15, 0.2) is 12.3 Å². The molecule has 5 nitrogen and oxygen atoms in total. The lowest BCUT2D eigenvalue weighted by molar-refractivity contribution is -0.219. The molecule has 0 amide bonds. The van der Waals surface area contributed by atoms with E-state index < -0.39 is 28.7 Å². The maximum absolute atomic E-state index is 11.3. The minimum atomic E-state index is -0.966. The van der Waals surface area contributed by atoms with Crippen molar-refractivity contribution in [2.24, 2.45) is 5.73 Å². The summed E-state index contributed by atoms with van der Waals surface area (Å²) in [6, 6.07) is 0. The van der Waals surface area contributed by atoms with Gasteiger partial charge in [-0.15, -0.1) is 0 Å². The van der Waals surface area contributed by atoms with Gasteiger partial charge in [0.15, 0.2) is 5.76 Å². The number of esters is 1. The fraction of sp³-hybridized carbons (Fsp3) is 0.750. The number of hydrogen-bond donors (Lipinski definition) is 2. The standard InChI is InChI=1S/C12H23NO4/c1-8(14)9(15)16-10(2,3)11(4,5)17-12(6,7)13/h14H,1,13H2,2-7H3. The number of ether oxygens (including phenoxy) is 2. The number of aliphatic hydroxyl groups is 1. The van der Waals surface area contributed by atoms with E-state index in [-0.39, 0.29) is 0 Å². The molecule has 0 aliphatic heterocycles. The van der Waals surface area contributed by atoms with Crippen molar-refractivity contribution in [1.82, 2.24) is 0 Å². The predicted molar refractivity (Wildman–Crippen MR) is 65.4 cm³/mol. The third kappa shape index (κ3) is 4.75. The molecule has 3 N–H and O–H groups in total. The molecule has 0 saturated heterocycles. The summed E-state index contributed by atoms with van der Waals surface area (Å²) in [6.07, 6.45) is 0. The van der Waals surface area contributed by atoms with Gasteiger partial charge in [0.25, 0.3) is 0 Å². The molecule has 0 heterocycles. The number of rotatable bonds is 5. The van der Waals surface area contributed by atoms with Gasteiger partial charge in [-0.1, -0.05) is 0 Å². The molecule has 0 bridgehead atoms. The van der Waals surface area contributed by atoms with Crippen molar-refractivity contribution in [2.75, 3.05) is 0 Å². The first-order chi connectivity index (χ1) is 7.28. The zero-order valence-electron chi connectivity index (χ0n) is 11.5. The van der Waals surface area contributed by atoms with Crippen LogP contribution >= 0.6 is 0 Å². The molecular formula is C12H23NO4. The molecule has 0 aromatic carbocycles. The highest BCUT2D eigenvalue weighted by Gasteiger charge is 2.44. The summed E-state index contributed by atoms with van der Waals surface area (Å²) in [7, 11) is 0. The molecule has 0 atom stereocenters. The first-order valence-electron chi connectivity index (χ1n) is 5.39. The Morgan fingerprint density at radius 1 is 1.12 bits per heavy atom. The first-order valence-corrected chi connectivity index (χ1v) is 5.39. The lowest BCUT2D eigenvalue weighted by Crippen LogP contribution is -2.56. The van der Waals surface area contributed by atoms with Gasteiger partial charge in [0.05, 0.1) is 0 Å². The van der Waals surface area contributed by atoms with E-state index in [1.54, 1.807) is 41.5 Å². The lowest BCUT2D eigenvalue weighted by atomic mass is 9.88. The van der Waals surface area contributed by atoms with Crippen LogP contribution in [-0.2, 0) is 14.3 Å². The van der Waals surface area contributed by atoms with Gasteiger partial charge in [-0.25, -0.2) is 4.79 Å². The Morgan fingerprint density at radius 2 is 1.53 bits per heavy atom. The molecule has 17 heavy (non-hydrogen) atoms. The molecule has 100 valence electrons. The van der Waals surface area contributed by atoms with Crippen molar-refractivity contribution in [1.29, 1.82) is 0 Å². The molecule has 0 saturated carbocycles. The summed E-state index contributed by atoms with van der Waals surface area (Å²) < 4.78 is 10.8. The molecule has 0 spiro atoms. The zero-order valence-corrected chi connectivity index (χ0v) is 11.5. The molecule has 0 aromatic rings. The topological polar surface area (TPSA) is 81.8 Å². The summed E-state index contributed by atoms with van der Waals surface area (Å²) in [5.74, 6) is -1.51. The lowest BCUT2D eigenvalue weighted by Gasteiger charge is -2.43. The molecule has 5 heteroatoms. The van der Waals surface area contributed by atoms with Crippen LogP contribution in [0.5, 0.6) is 0 Å². The smallest absolute Gasteiger partial charge is 0.373 e. The highest BCUT2D eigenvalue weighted by Crippen LogP contribution is 2.32. The minimum absolute atomic E-state index is 0.638. The Labute approximate surface area is 103 Å². The van der Waals surface area contributed by atoms with Crippen LogP contribution in [0.3, 0.4) is 0 Å². The van der Waals surface area contributed by atoms with Crippen LogP contribution in [0.25, 0.3) is 0 Å². The Hall–Kier alpha value is -1.07. The van der Waals surface area contributed by atoms with Crippen molar-refractivity contribution >= 4 is 5.97 Å².